The predicted molar refractivity (Wildman–Crippen MR) is 67.8 cm³/mol. The third kappa shape index (κ3) is 6.76. The van der Waals surface area contributed by atoms with Gasteiger partial charge in [0.25, 0.3) is 0 Å². The lowest BCUT2D eigenvalue weighted by molar-refractivity contribution is -0.117. The number of carbonyl (C=O) groups excluding carboxylic acids is 2. The summed E-state index contributed by atoms with van der Waals surface area (Å²) < 4.78 is 5.05. The minimum absolute atomic E-state index is 0.00249. The first kappa shape index (κ1) is 15.7. The van der Waals surface area contributed by atoms with Gasteiger partial charge in [-0.25, -0.2) is 4.79 Å². The van der Waals surface area contributed by atoms with Gasteiger partial charge in [0.05, 0.1) is 12.6 Å². The average molecular weight is 241 g/mol. The Balaban J connectivity index is 4.33. The molecule has 0 aliphatic carbocycles. The highest BCUT2D eigenvalue weighted by molar-refractivity contribution is 5.95. The predicted octanol–water partition coefficient (Wildman–Crippen LogP) is 2.54. The minimum atomic E-state index is -0.569. The summed E-state index contributed by atoms with van der Waals surface area (Å²) in [6.45, 7) is 13.3. The monoisotopic (exact) mass is 241 g/mol. The molecule has 1 atom stereocenters. The third-order valence-corrected chi connectivity index (χ3v) is 2.08. The summed E-state index contributed by atoms with van der Waals surface area (Å²) in [5.41, 5.74) is -0.0902. The second-order valence-corrected chi connectivity index (χ2v) is 5.61. The zero-order valence-corrected chi connectivity index (χ0v) is 11.4. The van der Waals surface area contributed by atoms with Crippen molar-refractivity contribution in [3.63, 3.8) is 0 Å². The number of rotatable bonds is 5. The maximum Gasteiger partial charge on any atom is 0.407 e. The molecule has 0 rings (SSSR count). The van der Waals surface area contributed by atoms with E-state index in [1.54, 1.807) is 0 Å². The van der Waals surface area contributed by atoms with E-state index in [2.05, 4.69) is 11.9 Å². The molecule has 4 heteroatoms. The number of nitrogens with one attached hydrogen (secondary N) is 1. The van der Waals surface area contributed by atoms with Crippen molar-refractivity contribution in [1.29, 1.82) is 0 Å². The van der Waals surface area contributed by atoms with Crippen molar-refractivity contribution in [2.45, 2.75) is 40.7 Å². The fourth-order valence-electron chi connectivity index (χ4n) is 1.14. The van der Waals surface area contributed by atoms with Gasteiger partial charge in [-0.05, 0) is 17.4 Å². The van der Waals surface area contributed by atoms with Crippen LogP contribution in [0.15, 0.2) is 12.7 Å². The lowest BCUT2D eigenvalue weighted by atomic mass is 9.99. The van der Waals surface area contributed by atoms with E-state index in [4.69, 9.17) is 4.74 Å². The van der Waals surface area contributed by atoms with Crippen LogP contribution in [0.2, 0.25) is 0 Å². The van der Waals surface area contributed by atoms with Gasteiger partial charge >= 0.3 is 6.09 Å². The smallest absolute Gasteiger partial charge is 0.407 e. The van der Waals surface area contributed by atoms with Crippen LogP contribution in [0, 0.1) is 11.3 Å². The maximum atomic E-state index is 11.5. The van der Waals surface area contributed by atoms with Crippen molar-refractivity contribution >= 4 is 11.9 Å². The van der Waals surface area contributed by atoms with Crippen LogP contribution >= 0.6 is 0 Å². The van der Waals surface area contributed by atoms with E-state index in [1.807, 2.05) is 34.6 Å². The van der Waals surface area contributed by atoms with Crippen molar-refractivity contribution < 1.29 is 14.3 Å². The summed E-state index contributed by atoms with van der Waals surface area (Å²) >= 11 is 0. The Kier molecular flexibility index (Phi) is 5.93. The number of alkyl carbamates (subject to hydrolysis) is 1. The highest BCUT2D eigenvalue weighted by atomic mass is 16.5. The maximum absolute atomic E-state index is 11.5. The van der Waals surface area contributed by atoms with Crippen LogP contribution in [-0.4, -0.2) is 24.5 Å². The number of carbonyl (C=O) groups is 2. The van der Waals surface area contributed by atoms with Gasteiger partial charge in [0.2, 0.25) is 0 Å². The van der Waals surface area contributed by atoms with Crippen LogP contribution in [0.4, 0.5) is 4.79 Å². The molecule has 17 heavy (non-hydrogen) atoms. The molecule has 4 nitrogen and oxygen atoms in total. The average Bonchev–Trinajstić information content (AvgIpc) is 2.20. The molecule has 0 saturated carbocycles. The first-order chi connectivity index (χ1) is 7.67. The van der Waals surface area contributed by atoms with Crippen LogP contribution in [0.25, 0.3) is 0 Å². The molecule has 0 aliphatic heterocycles. The zero-order valence-electron chi connectivity index (χ0n) is 11.4. The summed E-state index contributed by atoms with van der Waals surface area (Å²) in [6.07, 6.45) is 0.656. The Morgan fingerprint density at radius 2 is 1.88 bits per heavy atom. The third-order valence-electron chi connectivity index (χ3n) is 2.08. The Morgan fingerprint density at radius 1 is 1.35 bits per heavy atom. The normalized spacial score (nSPS) is 13.1. The molecule has 0 fully saturated rings. The lowest BCUT2D eigenvalue weighted by Crippen LogP contribution is -2.44. The van der Waals surface area contributed by atoms with E-state index >= 15 is 0 Å². The molecule has 0 aromatic rings. The summed E-state index contributed by atoms with van der Waals surface area (Å²) in [5, 5.41) is 2.56. The van der Waals surface area contributed by atoms with Gasteiger partial charge in [-0.2, -0.15) is 0 Å². The quantitative estimate of drug-likeness (QED) is 0.752. The summed E-state index contributed by atoms with van der Waals surface area (Å²) in [7, 11) is 0. The number of amides is 1. The van der Waals surface area contributed by atoms with E-state index in [0.29, 0.717) is 6.61 Å². The second-order valence-electron chi connectivity index (χ2n) is 5.61. The van der Waals surface area contributed by atoms with Crippen molar-refractivity contribution in [3.8, 4) is 0 Å². The molecule has 0 aromatic heterocycles. The lowest BCUT2D eigenvalue weighted by Gasteiger charge is -2.22. The molecule has 0 aliphatic rings. The van der Waals surface area contributed by atoms with E-state index in [0.717, 1.165) is 0 Å². The van der Waals surface area contributed by atoms with Crippen LogP contribution in [0.5, 0.6) is 0 Å². The van der Waals surface area contributed by atoms with Gasteiger partial charge in [0.15, 0.2) is 5.78 Å². The SMILES string of the molecule is C=CC(=O)[C@H](NC(=O)OCC(C)(C)C)C(C)C. The molecule has 0 bridgehead atoms. The summed E-state index contributed by atoms with van der Waals surface area (Å²) in [4.78, 5) is 23.0. The molecule has 1 amide bonds. The van der Waals surface area contributed by atoms with Crippen molar-refractivity contribution in [2.24, 2.45) is 11.3 Å². The largest absolute Gasteiger partial charge is 0.449 e. The summed E-state index contributed by atoms with van der Waals surface area (Å²) in [5.74, 6) is -0.199. The number of hydrogen-bond acceptors (Lipinski definition) is 3. The Labute approximate surface area is 103 Å². The fourth-order valence-corrected chi connectivity index (χ4v) is 1.14. The van der Waals surface area contributed by atoms with Crippen LogP contribution in [0.3, 0.4) is 0 Å². The molecular weight excluding hydrogens is 218 g/mol. The Morgan fingerprint density at radius 3 is 2.24 bits per heavy atom. The van der Waals surface area contributed by atoms with E-state index in [1.165, 1.54) is 6.08 Å². The van der Waals surface area contributed by atoms with Crippen molar-refractivity contribution in [1.82, 2.24) is 5.32 Å². The first-order valence-electron chi connectivity index (χ1n) is 5.77. The Hall–Kier alpha value is -1.32. The number of hydrogen-bond donors (Lipinski definition) is 1. The second kappa shape index (κ2) is 6.42. The molecule has 0 unspecified atom stereocenters. The van der Waals surface area contributed by atoms with Gasteiger partial charge in [-0.15, -0.1) is 0 Å². The van der Waals surface area contributed by atoms with Crippen LogP contribution in [0.1, 0.15) is 34.6 Å². The minimum Gasteiger partial charge on any atom is -0.449 e. The highest BCUT2D eigenvalue weighted by Gasteiger charge is 2.23. The van der Waals surface area contributed by atoms with Crippen molar-refractivity contribution in [3.05, 3.63) is 12.7 Å². The van der Waals surface area contributed by atoms with E-state index in [-0.39, 0.29) is 17.1 Å². The molecule has 0 aromatic carbocycles. The highest BCUT2D eigenvalue weighted by Crippen LogP contribution is 2.13. The summed E-state index contributed by atoms with van der Waals surface area (Å²) in [6, 6.07) is -0.569. The molecule has 0 spiro atoms. The molecule has 0 radical (unpaired) electrons. The Bertz CT molecular complexity index is 290. The fraction of sp³-hybridized carbons (Fsp3) is 0.692. The van der Waals surface area contributed by atoms with Gasteiger partial charge in [-0.1, -0.05) is 41.2 Å². The van der Waals surface area contributed by atoms with E-state index < -0.39 is 12.1 Å². The zero-order chi connectivity index (χ0) is 13.6. The molecule has 1 N–H and O–H groups in total. The van der Waals surface area contributed by atoms with Gasteiger partial charge in [0, 0.05) is 0 Å². The van der Waals surface area contributed by atoms with Gasteiger partial charge < -0.3 is 10.1 Å². The van der Waals surface area contributed by atoms with Gasteiger partial charge in [0.1, 0.15) is 0 Å². The van der Waals surface area contributed by atoms with Crippen molar-refractivity contribution in [2.75, 3.05) is 6.61 Å². The molecular formula is C13H23NO3. The topological polar surface area (TPSA) is 55.4 Å². The number of ketones is 1. The van der Waals surface area contributed by atoms with Crippen LogP contribution < -0.4 is 5.32 Å². The standard InChI is InChI=1S/C13H23NO3/c1-7-10(15)11(9(2)3)14-12(16)17-8-13(4,5)6/h7,9,11H,1,8H2,2-6H3,(H,14,16)/t11-/m1/s1. The van der Waals surface area contributed by atoms with Gasteiger partial charge in [-0.3, -0.25) is 4.79 Å². The van der Waals surface area contributed by atoms with E-state index in [9.17, 15) is 9.59 Å². The molecule has 98 valence electrons. The molecule has 0 heterocycles. The number of ether oxygens (including phenoxy) is 1. The first-order valence-corrected chi connectivity index (χ1v) is 5.77. The molecule has 0 saturated heterocycles. The van der Waals surface area contributed by atoms with Crippen LogP contribution in [-0.2, 0) is 9.53 Å².